The van der Waals surface area contributed by atoms with Crippen molar-refractivity contribution in [3.05, 3.63) is 58.5 Å². The number of aromatic nitrogens is 1. The van der Waals surface area contributed by atoms with Gasteiger partial charge in [-0.3, -0.25) is 14.4 Å². The van der Waals surface area contributed by atoms with Gasteiger partial charge in [0.1, 0.15) is 5.56 Å². The average molecular weight is 297 g/mol. The topological polar surface area (TPSA) is 91.1 Å². The third-order valence-electron chi connectivity index (χ3n) is 3.42. The summed E-state index contributed by atoms with van der Waals surface area (Å²) < 4.78 is 0. The second-order valence-electron chi connectivity index (χ2n) is 5.21. The van der Waals surface area contributed by atoms with Crippen molar-refractivity contribution in [2.45, 2.75) is 12.8 Å². The van der Waals surface area contributed by atoms with Gasteiger partial charge >= 0.3 is 0 Å². The first-order valence-corrected chi connectivity index (χ1v) is 7.03. The third kappa shape index (κ3) is 3.22. The molecule has 22 heavy (non-hydrogen) atoms. The summed E-state index contributed by atoms with van der Waals surface area (Å²) in [6.07, 6.45) is 3.37. The monoisotopic (exact) mass is 297 g/mol. The van der Waals surface area contributed by atoms with E-state index in [9.17, 15) is 14.4 Å². The van der Waals surface area contributed by atoms with Crippen molar-refractivity contribution in [3.8, 4) is 0 Å². The molecule has 1 aromatic heterocycles. The number of hydrogen-bond donors (Lipinski definition) is 3. The molecule has 1 aliphatic carbocycles. The number of nitrogens with one attached hydrogen (secondary N) is 3. The standard InChI is InChI=1S/C16H15N3O3/c20-14(10-3-4-10)18-11-5-7-12(8-6-11)19-16(22)13-2-1-9-17-15(13)21/h1-2,5-10H,3-4H2,(H,17,21)(H,18,20)(H,19,22). The average Bonchev–Trinajstić information content (AvgIpc) is 3.34. The van der Waals surface area contributed by atoms with E-state index in [2.05, 4.69) is 15.6 Å². The highest BCUT2D eigenvalue weighted by molar-refractivity contribution is 6.04. The maximum absolute atomic E-state index is 12.0. The van der Waals surface area contributed by atoms with E-state index >= 15 is 0 Å². The lowest BCUT2D eigenvalue weighted by Gasteiger charge is -2.07. The highest BCUT2D eigenvalue weighted by Gasteiger charge is 2.29. The Morgan fingerprint density at radius 1 is 1.00 bits per heavy atom. The van der Waals surface area contributed by atoms with E-state index in [4.69, 9.17) is 0 Å². The maximum Gasteiger partial charge on any atom is 0.261 e. The van der Waals surface area contributed by atoms with Crippen molar-refractivity contribution in [3.63, 3.8) is 0 Å². The predicted molar refractivity (Wildman–Crippen MR) is 82.8 cm³/mol. The van der Waals surface area contributed by atoms with Crippen molar-refractivity contribution >= 4 is 23.2 Å². The molecule has 112 valence electrons. The van der Waals surface area contributed by atoms with Crippen LogP contribution in [0.4, 0.5) is 11.4 Å². The Morgan fingerprint density at radius 2 is 1.64 bits per heavy atom. The lowest BCUT2D eigenvalue weighted by molar-refractivity contribution is -0.117. The fourth-order valence-electron chi connectivity index (χ4n) is 2.03. The molecule has 1 saturated carbocycles. The highest BCUT2D eigenvalue weighted by atomic mass is 16.2. The zero-order valence-electron chi connectivity index (χ0n) is 11.8. The van der Waals surface area contributed by atoms with Crippen LogP contribution >= 0.6 is 0 Å². The molecular formula is C16H15N3O3. The fourth-order valence-corrected chi connectivity index (χ4v) is 2.03. The van der Waals surface area contributed by atoms with Crippen molar-refractivity contribution in [2.75, 3.05) is 10.6 Å². The molecule has 0 unspecified atom stereocenters. The maximum atomic E-state index is 12.0. The minimum absolute atomic E-state index is 0.0348. The second kappa shape index (κ2) is 5.85. The highest BCUT2D eigenvalue weighted by Crippen LogP contribution is 2.30. The number of benzene rings is 1. The Morgan fingerprint density at radius 3 is 2.23 bits per heavy atom. The fraction of sp³-hybridized carbons (Fsp3) is 0.188. The Kier molecular flexibility index (Phi) is 3.74. The number of aromatic amines is 1. The Balaban J connectivity index is 1.65. The first-order valence-electron chi connectivity index (χ1n) is 7.03. The van der Waals surface area contributed by atoms with Gasteiger partial charge in [-0.05, 0) is 49.2 Å². The number of anilines is 2. The van der Waals surface area contributed by atoms with Gasteiger partial charge < -0.3 is 15.6 Å². The Bertz CT molecular complexity index is 761. The summed E-state index contributed by atoms with van der Waals surface area (Å²) in [4.78, 5) is 37.6. The van der Waals surface area contributed by atoms with E-state index < -0.39 is 11.5 Å². The minimum atomic E-state index is -0.475. The summed E-state index contributed by atoms with van der Waals surface area (Å²) >= 11 is 0. The number of rotatable bonds is 4. The Labute approximate surface area is 126 Å². The first kappa shape index (κ1) is 14.1. The van der Waals surface area contributed by atoms with Gasteiger partial charge in [0, 0.05) is 23.5 Å². The van der Waals surface area contributed by atoms with Gasteiger partial charge in [-0.25, -0.2) is 0 Å². The van der Waals surface area contributed by atoms with E-state index in [-0.39, 0.29) is 17.4 Å². The number of carbonyl (C=O) groups is 2. The molecular weight excluding hydrogens is 282 g/mol. The van der Waals surface area contributed by atoms with Gasteiger partial charge in [-0.15, -0.1) is 0 Å². The number of amides is 2. The zero-order chi connectivity index (χ0) is 15.5. The molecule has 2 aromatic rings. The van der Waals surface area contributed by atoms with Gasteiger partial charge in [-0.1, -0.05) is 0 Å². The third-order valence-corrected chi connectivity index (χ3v) is 3.42. The first-order chi connectivity index (χ1) is 10.6. The zero-order valence-corrected chi connectivity index (χ0v) is 11.8. The van der Waals surface area contributed by atoms with Crippen LogP contribution in [0.2, 0.25) is 0 Å². The summed E-state index contributed by atoms with van der Waals surface area (Å²) in [5.41, 5.74) is 0.854. The molecule has 0 spiro atoms. The van der Waals surface area contributed by atoms with E-state index in [1.807, 2.05) is 0 Å². The quantitative estimate of drug-likeness (QED) is 0.805. The summed E-state index contributed by atoms with van der Waals surface area (Å²) in [5, 5.41) is 5.46. The van der Waals surface area contributed by atoms with Crippen molar-refractivity contribution in [2.24, 2.45) is 5.92 Å². The van der Waals surface area contributed by atoms with E-state index in [1.165, 1.54) is 12.3 Å². The predicted octanol–water partition coefficient (Wildman–Crippen LogP) is 1.98. The molecule has 3 rings (SSSR count). The van der Waals surface area contributed by atoms with Crippen LogP contribution in [0.5, 0.6) is 0 Å². The largest absolute Gasteiger partial charge is 0.328 e. The van der Waals surface area contributed by atoms with Crippen molar-refractivity contribution in [1.29, 1.82) is 0 Å². The van der Waals surface area contributed by atoms with Gasteiger partial charge in [-0.2, -0.15) is 0 Å². The lowest BCUT2D eigenvalue weighted by Crippen LogP contribution is -2.22. The van der Waals surface area contributed by atoms with Gasteiger partial charge in [0.15, 0.2) is 0 Å². The molecule has 0 radical (unpaired) electrons. The van der Waals surface area contributed by atoms with Crippen LogP contribution in [0.3, 0.4) is 0 Å². The van der Waals surface area contributed by atoms with Crippen LogP contribution in [0, 0.1) is 5.92 Å². The molecule has 2 amide bonds. The summed E-state index contributed by atoms with van der Waals surface area (Å²) in [5.74, 6) is -0.298. The van der Waals surface area contributed by atoms with Crippen molar-refractivity contribution < 1.29 is 9.59 Å². The molecule has 3 N–H and O–H groups in total. The number of pyridine rings is 1. The molecule has 1 aromatic carbocycles. The summed E-state index contributed by atoms with van der Waals surface area (Å²) in [6.45, 7) is 0. The molecule has 0 aliphatic heterocycles. The van der Waals surface area contributed by atoms with Gasteiger partial charge in [0.05, 0.1) is 0 Å². The van der Waals surface area contributed by atoms with Crippen LogP contribution in [0.25, 0.3) is 0 Å². The van der Waals surface area contributed by atoms with Crippen LogP contribution in [-0.4, -0.2) is 16.8 Å². The molecule has 6 nitrogen and oxygen atoms in total. The van der Waals surface area contributed by atoms with Gasteiger partial charge in [0.2, 0.25) is 5.91 Å². The van der Waals surface area contributed by atoms with E-state index in [0.29, 0.717) is 11.4 Å². The van der Waals surface area contributed by atoms with Crippen LogP contribution in [0.15, 0.2) is 47.4 Å². The van der Waals surface area contributed by atoms with Crippen molar-refractivity contribution in [1.82, 2.24) is 4.98 Å². The minimum Gasteiger partial charge on any atom is -0.328 e. The second-order valence-corrected chi connectivity index (χ2v) is 5.21. The van der Waals surface area contributed by atoms with Crippen LogP contribution in [0.1, 0.15) is 23.2 Å². The smallest absolute Gasteiger partial charge is 0.261 e. The summed E-state index contributed by atoms with van der Waals surface area (Å²) in [6, 6.07) is 9.83. The summed E-state index contributed by atoms with van der Waals surface area (Å²) in [7, 11) is 0. The number of carbonyl (C=O) groups excluding carboxylic acids is 2. The molecule has 6 heteroatoms. The van der Waals surface area contributed by atoms with E-state index in [0.717, 1.165) is 12.8 Å². The molecule has 1 heterocycles. The Hall–Kier alpha value is -2.89. The van der Waals surface area contributed by atoms with Crippen LogP contribution < -0.4 is 16.2 Å². The normalized spacial score (nSPS) is 13.5. The molecule has 1 fully saturated rings. The number of hydrogen-bond acceptors (Lipinski definition) is 3. The lowest BCUT2D eigenvalue weighted by atomic mass is 10.2. The van der Waals surface area contributed by atoms with E-state index in [1.54, 1.807) is 30.3 Å². The van der Waals surface area contributed by atoms with Crippen LogP contribution in [-0.2, 0) is 4.79 Å². The molecule has 0 atom stereocenters. The molecule has 0 saturated heterocycles. The van der Waals surface area contributed by atoms with Gasteiger partial charge in [0.25, 0.3) is 11.5 Å². The molecule has 0 bridgehead atoms. The molecule has 1 aliphatic rings. The SMILES string of the molecule is O=C(Nc1ccc(NC(=O)C2CC2)cc1)c1ccc[nH]c1=O. The number of H-pyrrole nitrogens is 1.